The van der Waals surface area contributed by atoms with Crippen molar-refractivity contribution in [1.29, 1.82) is 0 Å². The zero-order chi connectivity index (χ0) is 12.6. The average Bonchev–Trinajstić information content (AvgIpc) is 3.07. The first kappa shape index (κ1) is 12.9. The van der Waals surface area contributed by atoms with Gasteiger partial charge in [0.25, 0.3) is 0 Å². The van der Waals surface area contributed by atoms with Crippen molar-refractivity contribution >= 4 is 39.1 Å². The van der Waals surface area contributed by atoms with Crippen molar-refractivity contribution in [1.82, 2.24) is 0 Å². The van der Waals surface area contributed by atoms with Gasteiger partial charge in [-0.3, -0.25) is 4.79 Å². The summed E-state index contributed by atoms with van der Waals surface area (Å²) in [6.45, 7) is 1.78. The summed E-state index contributed by atoms with van der Waals surface area (Å²) in [6, 6.07) is 5.25. The van der Waals surface area contributed by atoms with Crippen molar-refractivity contribution in [3.63, 3.8) is 0 Å². The summed E-state index contributed by atoms with van der Waals surface area (Å²) in [5.41, 5.74) is 5.94. The summed E-state index contributed by atoms with van der Waals surface area (Å²) in [6.07, 6.45) is 2.06. The second kappa shape index (κ2) is 4.59. The van der Waals surface area contributed by atoms with Gasteiger partial charge in [0.2, 0.25) is 5.91 Å². The summed E-state index contributed by atoms with van der Waals surface area (Å²) in [5.74, 6) is 0.160. The van der Waals surface area contributed by atoms with Crippen LogP contribution >= 0.6 is 27.5 Å². The number of amides is 1. The van der Waals surface area contributed by atoms with E-state index >= 15 is 0 Å². The van der Waals surface area contributed by atoms with E-state index in [2.05, 4.69) is 21.2 Å². The highest BCUT2D eigenvalue weighted by atomic mass is 79.9. The van der Waals surface area contributed by atoms with Crippen LogP contribution in [-0.4, -0.2) is 11.4 Å². The van der Waals surface area contributed by atoms with E-state index in [1.807, 2.05) is 0 Å². The lowest BCUT2D eigenvalue weighted by Crippen LogP contribution is -2.50. The summed E-state index contributed by atoms with van der Waals surface area (Å²) >= 11 is 9.20. The Morgan fingerprint density at radius 3 is 2.76 bits per heavy atom. The van der Waals surface area contributed by atoms with Crippen LogP contribution in [0.2, 0.25) is 5.02 Å². The summed E-state index contributed by atoms with van der Waals surface area (Å²) < 4.78 is 0.752. The van der Waals surface area contributed by atoms with E-state index in [1.165, 1.54) is 0 Å². The minimum Gasteiger partial charge on any atom is -0.324 e. The summed E-state index contributed by atoms with van der Waals surface area (Å²) in [5, 5.41) is 3.43. The topological polar surface area (TPSA) is 55.1 Å². The number of carbonyl (C=O) groups is 1. The monoisotopic (exact) mass is 316 g/mol. The molecule has 0 spiro atoms. The van der Waals surface area contributed by atoms with Crippen LogP contribution in [0.5, 0.6) is 0 Å². The van der Waals surface area contributed by atoms with Gasteiger partial charge in [-0.1, -0.05) is 11.6 Å². The molecule has 1 aromatic carbocycles. The second-order valence-electron chi connectivity index (χ2n) is 4.64. The third-order valence-electron chi connectivity index (χ3n) is 3.09. The number of benzene rings is 1. The molecule has 0 radical (unpaired) electrons. The minimum absolute atomic E-state index is 0.144. The van der Waals surface area contributed by atoms with Crippen LogP contribution in [0.1, 0.15) is 19.8 Å². The van der Waals surface area contributed by atoms with Gasteiger partial charge in [0.1, 0.15) is 0 Å². The van der Waals surface area contributed by atoms with Gasteiger partial charge in [0.15, 0.2) is 0 Å². The van der Waals surface area contributed by atoms with Crippen LogP contribution in [0, 0.1) is 5.92 Å². The maximum absolute atomic E-state index is 12.0. The molecule has 0 aliphatic heterocycles. The van der Waals surface area contributed by atoms with E-state index in [4.69, 9.17) is 17.3 Å². The Kier molecular flexibility index (Phi) is 3.48. The lowest BCUT2D eigenvalue weighted by atomic mass is 9.96. The highest BCUT2D eigenvalue weighted by Crippen LogP contribution is 2.38. The van der Waals surface area contributed by atoms with Crippen LogP contribution in [0.15, 0.2) is 22.7 Å². The Hall–Kier alpha value is -0.580. The van der Waals surface area contributed by atoms with Crippen LogP contribution in [0.3, 0.4) is 0 Å². The molecule has 92 valence electrons. The molecule has 1 unspecified atom stereocenters. The van der Waals surface area contributed by atoms with Gasteiger partial charge in [0, 0.05) is 10.2 Å². The van der Waals surface area contributed by atoms with Gasteiger partial charge < -0.3 is 11.1 Å². The standard InChI is InChI=1S/C12H14BrClN2O/c1-12(15,7-2-3-7)11(17)16-8-4-5-10(14)9(13)6-8/h4-7H,2-3,15H2,1H3,(H,16,17). The van der Waals surface area contributed by atoms with Gasteiger partial charge in [-0.2, -0.15) is 0 Å². The van der Waals surface area contributed by atoms with Crippen LogP contribution in [0.4, 0.5) is 5.69 Å². The molecule has 2 rings (SSSR count). The van der Waals surface area contributed by atoms with Crippen LogP contribution in [-0.2, 0) is 4.79 Å². The van der Waals surface area contributed by atoms with Crippen molar-refractivity contribution in [3.05, 3.63) is 27.7 Å². The number of nitrogens with one attached hydrogen (secondary N) is 1. The number of anilines is 1. The van der Waals surface area contributed by atoms with Crippen molar-refractivity contribution in [2.45, 2.75) is 25.3 Å². The van der Waals surface area contributed by atoms with E-state index in [0.717, 1.165) is 17.3 Å². The SMILES string of the molecule is CC(N)(C(=O)Nc1ccc(Cl)c(Br)c1)C1CC1. The molecule has 1 fully saturated rings. The predicted molar refractivity (Wildman–Crippen MR) is 73.1 cm³/mol. The number of hydrogen-bond donors (Lipinski definition) is 2. The molecule has 0 saturated heterocycles. The first-order chi connectivity index (χ1) is 7.91. The van der Waals surface area contributed by atoms with Gasteiger partial charge in [-0.15, -0.1) is 0 Å². The molecule has 5 heteroatoms. The number of hydrogen-bond acceptors (Lipinski definition) is 2. The Morgan fingerprint density at radius 1 is 1.59 bits per heavy atom. The maximum Gasteiger partial charge on any atom is 0.244 e. The molecule has 3 N–H and O–H groups in total. The molecule has 0 bridgehead atoms. The highest BCUT2D eigenvalue weighted by molar-refractivity contribution is 9.10. The Labute approximate surface area is 114 Å². The fourth-order valence-electron chi connectivity index (χ4n) is 1.71. The molecule has 1 aliphatic rings. The third-order valence-corrected chi connectivity index (χ3v) is 4.31. The maximum atomic E-state index is 12.0. The number of carbonyl (C=O) groups excluding carboxylic acids is 1. The molecule has 1 atom stereocenters. The van der Waals surface area contributed by atoms with Crippen molar-refractivity contribution < 1.29 is 4.79 Å². The molecule has 0 aromatic heterocycles. The Morgan fingerprint density at radius 2 is 2.24 bits per heavy atom. The molecule has 1 amide bonds. The van der Waals surface area contributed by atoms with Gasteiger partial charge in [-0.25, -0.2) is 0 Å². The number of halogens is 2. The van der Waals surface area contributed by atoms with Crippen LogP contribution in [0.25, 0.3) is 0 Å². The van der Waals surface area contributed by atoms with Crippen molar-refractivity contribution in [2.24, 2.45) is 11.7 Å². The fraction of sp³-hybridized carbons (Fsp3) is 0.417. The average molecular weight is 318 g/mol. The predicted octanol–water partition coefficient (Wildman–Crippen LogP) is 3.17. The van der Waals surface area contributed by atoms with E-state index in [0.29, 0.717) is 16.6 Å². The molecule has 1 aromatic rings. The highest BCUT2D eigenvalue weighted by Gasteiger charge is 2.44. The first-order valence-corrected chi connectivity index (χ1v) is 6.63. The quantitative estimate of drug-likeness (QED) is 0.899. The molecule has 1 aliphatic carbocycles. The molecular weight excluding hydrogens is 304 g/mol. The van der Waals surface area contributed by atoms with E-state index in [-0.39, 0.29) is 5.91 Å². The smallest absolute Gasteiger partial charge is 0.244 e. The van der Waals surface area contributed by atoms with E-state index in [9.17, 15) is 4.79 Å². The normalized spacial score (nSPS) is 18.6. The van der Waals surface area contributed by atoms with Crippen molar-refractivity contribution in [2.75, 3.05) is 5.32 Å². The van der Waals surface area contributed by atoms with Gasteiger partial charge >= 0.3 is 0 Å². The van der Waals surface area contributed by atoms with E-state index in [1.54, 1.807) is 25.1 Å². The second-order valence-corrected chi connectivity index (χ2v) is 5.90. The van der Waals surface area contributed by atoms with Gasteiger partial charge in [-0.05, 0) is 59.8 Å². The molecule has 3 nitrogen and oxygen atoms in total. The van der Waals surface area contributed by atoms with Crippen LogP contribution < -0.4 is 11.1 Å². The zero-order valence-corrected chi connectivity index (χ0v) is 11.8. The molecular formula is C12H14BrClN2O. The molecule has 1 saturated carbocycles. The van der Waals surface area contributed by atoms with E-state index < -0.39 is 5.54 Å². The largest absolute Gasteiger partial charge is 0.324 e. The lowest BCUT2D eigenvalue weighted by molar-refractivity contribution is -0.121. The number of rotatable bonds is 3. The van der Waals surface area contributed by atoms with Crippen molar-refractivity contribution in [3.8, 4) is 0 Å². The summed E-state index contributed by atoms with van der Waals surface area (Å²) in [4.78, 5) is 12.0. The summed E-state index contributed by atoms with van der Waals surface area (Å²) in [7, 11) is 0. The Bertz CT molecular complexity index is 458. The molecule has 0 heterocycles. The zero-order valence-electron chi connectivity index (χ0n) is 9.47. The Balaban J connectivity index is 2.10. The minimum atomic E-state index is -0.786. The third kappa shape index (κ3) is 2.81. The molecule has 17 heavy (non-hydrogen) atoms. The number of nitrogens with two attached hydrogens (primary N) is 1. The lowest BCUT2D eigenvalue weighted by Gasteiger charge is -2.23. The fourth-order valence-corrected chi connectivity index (χ4v) is 2.20. The first-order valence-electron chi connectivity index (χ1n) is 5.46. The van der Waals surface area contributed by atoms with Gasteiger partial charge in [0.05, 0.1) is 10.6 Å².